The van der Waals surface area contributed by atoms with Crippen molar-refractivity contribution in [3.8, 4) is 0 Å². The van der Waals surface area contributed by atoms with E-state index in [0.717, 1.165) is 6.42 Å². The minimum absolute atomic E-state index is 0.00445. The first-order valence-corrected chi connectivity index (χ1v) is 7.67. The second-order valence-electron chi connectivity index (χ2n) is 7.43. The summed E-state index contributed by atoms with van der Waals surface area (Å²) in [5, 5.41) is 11.8. The van der Waals surface area contributed by atoms with Gasteiger partial charge in [0.25, 0.3) is 0 Å². The van der Waals surface area contributed by atoms with Crippen LogP contribution in [0, 0.1) is 17.3 Å². The molecule has 0 spiro atoms. The predicted octanol–water partition coefficient (Wildman–Crippen LogP) is 3.20. The number of carboxylic acid groups (broad SMARTS) is 1. The smallest absolute Gasteiger partial charge is 0.317 e. The topological polar surface area (TPSA) is 69.6 Å². The van der Waals surface area contributed by atoms with Crippen LogP contribution in [0.3, 0.4) is 0 Å². The molecular formula is C16H32N2O3. The van der Waals surface area contributed by atoms with Crippen LogP contribution in [0.15, 0.2) is 0 Å². The third kappa shape index (κ3) is 7.93. The van der Waals surface area contributed by atoms with Gasteiger partial charge < -0.3 is 15.3 Å². The highest BCUT2D eigenvalue weighted by molar-refractivity contribution is 5.74. The lowest BCUT2D eigenvalue weighted by atomic mass is 9.87. The number of carboxylic acids is 1. The molecule has 0 aromatic rings. The summed E-state index contributed by atoms with van der Waals surface area (Å²) >= 11 is 0. The van der Waals surface area contributed by atoms with E-state index < -0.39 is 5.97 Å². The van der Waals surface area contributed by atoms with Crippen molar-refractivity contribution in [1.82, 2.24) is 10.2 Å². The zero-order valence-corrected chi connectivity index (χ0v) is 14.6. The van der Waals surface area contributed by atoms with E-state index in [4.69, 9.17) is 5.11 Å². The molecule has 0 aromatic carbocycles. The SMILES string of the molecule is CC(C)CC(CNC(=O)N(C)C(C)C(C)(C)C)CC(=O)O. The molecule has 0 aliphatic heterocycles. The Morgan fingerprint density at radius 3 is 2.10 bits per heavy atom. The van der Waals surface area contributed by atoms with Crippen LogP contribution in [0.1, 0.15) is 54.4 Å². The summed E-state index contributed by atoms with van der Waals surface area (Å²) in [5.41, 5.74) is 0.00445. The van der Waals surface area contributed by atoms with Crippen LogP contribution >= 0.6 is 0 Å². The van der Waals surface area contributed by atoms with Gasteiger partial charge in [-0.15, -0.1) is 0 Å². The second kappa shape index (κ2) is 8.25. The van der Waals surface area contributed by atoms with Crippen molar-refractivity contribution in [1.29, 1.82) is 0 Å². The molecule has 0 rings (SSSR count). The van der Waals surface area contributed by atoms with Gasteiger partial charge in [-0.2, -0.15) is 0 Å². The predicted molar refractivity (Wildman–Crippen MR) is 85.3 cm³/mol. The normalized spacial score (nSPS) is 14.7. The molecular weight excluding hydrogens is 268 g/mol. The molecule has 0 fully saturated rings. The van der Waals surface area contributed by atoms with Crippen molar-refractivity contribution in [2.75, 3.05) is 13.6 Å². The van der Waals surface area contributed by atoms with Gasteiger partial charge in [-0.05, 0) is 30.6 Å². The molecule has 2 amide bonds. The van der Waals surface area contributed by atoms with Crippen LogP contribution in [0.25, 0.3) is 0 Å². The lowest BCUT2D eigenvalue weighted by molar-refractivity contribution is -0.138. The van der Waals surface area contributed by atoms with Gasteiger partial charge in [-0.25, -0.2) is 4.79 Å². The summed E-state index contributed by atoms with van der Waals surface area (Å²) in [6.45, 7) is 12.8. The molecule has 2 unspecified atom stereocenters. The zero-order chi connectivity index (χ0) is 16.8. The average Bonchev–Trinajstić information content (AvgIpc) is 2.31. The van der Waals surface area contributed by atoms with Gasteiger partial charge in [0.15, 0.2) is 0 Å². The van der Waals surface area contributed by atoms with E-state index in [1.165, 1.54) is 0 Å². The maximum absolute atomic E-state index is 12.2. The summed E-state index contributed by atoms with van der Waals surface area (Å²) < 4.78 is 0. The first-order valence-electron chi connectivity index (χ1n) is 7.67. The van der Waals surface area contributed by atoms with Crippen molar-refractivity contribution in [2.45, 2.75) is 60.4 Å². The minimum Gasteiger partial charge on any atom is -0.481 e. The Labute approximate surface area is 129 Å². The zero-order valence-electron chi connectivity index (χ0n) is 14.6. The number of amides is 2. The molecule has 2 atom stereocenters. The fraction of sp³-hybridized carbons (Fsp3) is 0.875. The van der Waals surface area contributed by atoms with E-state index in [2.05, 4.69) is 39.9 Å². The Hall–Kier alpha value is -1.26. The molecule has 0 saturated carbocycles. The highest BCUT2D eigenvalue weighted by atomic mass is 16.4. The van der Waals surface area contributed by atoms with Crippen LogP contribution in [0.4, 0.5) is 4.79 Å². The fourth-order valence-electron chi connectivity index (χ4n) is 2.27. The quantitative estimate of drug-likeness (QED) is 0.758. The third-order valence-electron chi connectivity index (χ3n) is 3.96. The van der Waals surface area contributed by atoms with Gasteiger partial charge in [0, 0.05) is 26.1 Å². The summed E-state index contributed by atoms with van der Waals surface area (Å²) in [6, 6.07) is -0.0444. The number of carbonyl (C=O) groups is 2. The second-order valence-corrected chi connectivity index (χ2v) is 7.43. The van der Waals surface area contributed by atoms with Gasteiger partial charge in [0.1, 0.15) is 0 Å². The molecule has 0 radical (unpaired) electrons. The largest absolute Gasteiger partial charge is 0.481 e. The molecule has 0 bridgehead atoms. The maximum atomic E-state index is 12.2. The van der Waals surface area contributed by atoms with Gasteiger partial charge in [-0.1, -0.05) is 34.6 Å². The van der Waals surface area contributed by atoms with Gasteiger partial charge in [0.05, 0.1) is 0 Å². The van der Waals surface area contributed by atoms with E-state index >= 15 is 0 Å². The van der Waals surface area contributed by atoms with Crippen LogP contribution in [-0.2, 0) is 4.79 Å². The monoisotopic (exact) mass is 300 g/mol. The van der Waals surface area contributed by atoms with E-state index in [9.17, 15) is 9.59 Å². The van der Waals surface area contributed by atoms with Gasteiger partial charge >= 0.3 is 12.0 Å². The first kappa shape index (κ1) is 19.7. The van der Waals surface area contributed by atoms with Crippen molar-refractivity contribution >= 4 is 12.0 Å². The molecule has 5 nitrogen and oxygen atoms in total. The Morgan fingerprint density at radius 1 is 1.19 bits per heavy atom. The molecule has 0 heterocycles. The van der Waals surface area contributed by atoms with Gasteiger partial charge in [-0.3, -0.25) is 4.79 Å². The Morgan fingerprint density at radius 2 is 1.71 bits per heavy atom. The summed E-state index contributed by atoms with van der Waals surface area (Å²) in [4.78, 5) is 24.7. The van der Waals surface area contributed by atoms with Crippen LogP contribution in [0.5, 0.6) is 0 Å². The summed E-state index contributed by atoms with van der Waals surface area (Å²) in [7, 11) is 1.78. The molecule has 5 heteroatoms. The van der Waals surface area contributed by atoms with Gasteiger partial charge in [0.2, 0.25) is 0 Å². The van der Waals surface area contributed by atoms with Crippen molar-refractivity contribution in [3.05, 3.63) is 0 Å². The number of aliphatic carboxylic acids is 1. The Kier molecular flexibility index (Phi) is 7.75. The molecule has 0 aliphatic rings. The van der Waals surface area contributed by atoms with E-state index in [1.807, 2.05) is 6.92 Å². The highest BCUT2D eigenvalue weighted by Gasteiger charge is 2.27. The van der Waals surface area contributed by atoms with Crippen LogP contribution in [-0.4, -0.2) is 41.6 Å². The van der Waals surface area contributed by atoms with Crippen molar-refractivity contribution < 1.29 is 14.7 Å². The lowest BCUT2D eigenvalue weighted by Crippen LogP contribution is -2.48. The standard InChI is InChI=1S/C16H32N2O3/c1-11(2)8-13(9-14(19)20)10-17-15(21)18(7)12(3)16(4,5)6/h11-13H,8-10H2,1-7H3,(H,17,21)(H,19,20). The van der Waals surface area contributed by atoms with E-state index in [1.54, 1.807) is 11.9 Å². The Bertz CT molecular complexity index is 348. The lowest BCUT2D eigenvalue weighted by Gasteiger charge is -2.35. The number of urea groups is 1. The number of nitrogens with zero attached hydrogens (tertiary/aromatic N) is 1. The Balaban J connectivity index is 4.51. The van der Waals surface area contributed by atoms with E-state index in [0.29, 0.717) is 12.5 Å². The summed E-state index contributed by atoms with van der Waals surface area (Å²) in [6.07, 6.45) is 0.891. The number of hydrogen-bond acceptors (Lipinski definition) is 2. The highest BCUT2D eigenvalue weighted by Crippen LogP contribution is 2.23. The molecule has 0 aromatic heterocycles. The molecule has 0 aliphatic carbocycles. The molecule has 21 heavy (non-hydrogen) atoms. The molecule has 0 saturated heterocycles. The van der Waals surface area contributed by atoms with Crippen LogP contribution in [0.2, 0.25) is 0 Å². The number of carbonyl (C=O) groups excluding carboxylic acids is 1. The van der Waals surface area contributed by atoms with Crippen molar-refractivity contribution in [2.24, 2.45) is 17.3 Å². The van der Waals surface area contributed by atoms with Crippen LogP contribution < -0.4 is 5.32 Å². The molecule has 124 valence electrons. The third-order valence-corrected chi connectivity index (χ3v) is 3.96. The number of nitrogens with one attached hydrogen (secondary N) is 1. The maximum Gasteiger partial charge on any atom is 0.317 e. The van der Waals surface area contributed by atoms with E-state index in [-0.39, 0.29) is 29.8 Å². The number of hydrogen-bond donors (Lipinski definition) is 2. The summed E-state index contributed by atoms with van der Waals surface area (Å²) in [5.74, 6) is -0.423. The average molecular weight is 300 g/mol. The first-order chi connectivity index (χ1) is 9.45. The van der Waals surface area contributed by atoms with Crippen molar-refractivity contribution in [3.63, 3.8) is 0 Å². The minimum atomic E-state index is -0.814. The molecule has 2 N–H and O–H groups in total. The fourth-order valence-corrected chi connectivity index (χ4v) is 2.27. The number of rotatable bonds is 7.